The van der Waals surface area contributed by atoms with Crippen LogP contribution < -0.4 is 5.32 Å². The molecular weight excluding hydrogens is 259 g/mol. The summed E-state index contributed by atoms with van der Waals surface area (Å²) >= 11 is 0. The summed E-state index contributed by atoms with van der Waals surface area (Å²) in [5.41, 5.74) is 0. The summed E-state index contributed by atoms with van der Waals surface area (Å²) in [7, 11) is -1.28. The van der Waals surface area contributed by atoms with Gasteiger partial charge < -0.3 is 25.4 Å². The summed E-state index contributed by atoms with van der Waals surface area (Å²) < 4.78 is 0. The summed E-state index contributed by atoms with van der Waals surface area (Å²) in [6.07, 6.45) is 4.13. The van der Waals surface area contributed by atoms with Crippen molar-refractivity contribution in [1.29, 1.82) is 0 Å². The third-order valence-corrected chi connectivity index (χ3v) is 4.51. The van der Waals surface area contributed by atoms with Crippen LogP contribution in [0, 0.1) is 11.8 Å². The predicted molar refractivity (Wildman–Crippen MR) is 76.3 cm³/mol. The first-order valence-corrected chi connectivity index (χ1v) is 7.61. The van der Waals surface area contributed by atoms with Crippen LogP contribution in [-0.4, -0.2) is 65.4 Å². The van der Waals surface area contributed by atoms with Crippen molar-refractivity contribution in [2.75, 3.05) is 26.2 Å². The van der Waals surface area contributed by atoms with E-state index in [1.54, 1.807) is 0 Å². The zero-order valence-corrected chi connectivity index (χ0v) is 11.9. The van der Waals surface area contributed by atoms with Gasteiger partial charge in [-0.05, 0) is 38.0 Å². The van der Waals surface area contributed by atoms with Crippen molar-refractivity contribution in [2.45, 2.75) is 38.0 Å². The highest BCUT2D eigenvalue weighted by Gasteiger charge is 2.38. The number of likely N-dealkylation sites (tertiary alicyclic amines) is 1. The first-order valence-electron chi connectivity index (χ1n) is 7.61. The van der Waals surface area contributed by atoms with Crippen molar-refractivity contribution >= 4 is 13.1 Å². The number of carbonyl (C=O) groups is 1. The number of nitrogens with one attached hydrogen (secondary N) is 1. The molecule has 0 amide bonds. The Morgan fingerprint density at radius 3 is 2.75 bits per heavy atom. The van der Waals surface area contributed by atoms with Gasteiger partial charge in [-0.1, -0.05) is 6.42 Å². The van der Waals surface area contributed by atoms with Crippen LogP contribution in [0.3, 0.4) is 0 Å². The van der Waals surface area contributed by atoms with Gasteiger partial charge in [-0.25, -0.2) is 0 Å². The fraction of sp³-hybridized carbons (Fsp3) is 0.923. The van der Waals surface area contributed by atoms with E-state index in [4.69, 9.17) is 10.0 Å². The number of hydrogen-bond donors (Lipinski definition) is 4. The second-order valence-corrected chi connectivity index (χ2v) is 6.13. The lowest BCUT2D eigenvalue weighted by Crippen LogP contribution is -2.36. The van der Waals surface area contributed by atoms with Gasteiger partial charge in [-0.15, -0.1) is 0 Å². The highest BCUT2D eigenvalue weighted by molar-refractivity contribution is 6.40. The van der Waals surface area contributed by atoms with Crippen LogP contribution in [0.5, 0.6) is 0 Å². The molecule has 0 radical (unpaired) electrons. The smallest absolute Gasteiger partial charge is 0.451 e. The lowest BCUT2D eigenvalue weighted by molar-refractivity contribution is -0.142. The lowest BCUT2D eigenvalue weighted by Gasteiger charge is -2.20. The molecule has 2 aliphatic heterocycles. The van der Waals surface area contributed by atoms with Crippen LogP contribution in [-0.2, 0) is 4.79 Å². The molecule has 0 spiro atoms. The number of carboxylic acid groups (broad SMARTS) is 1. The van der Waals surface area contributed by atoms with Gasteiger partial charge >= 0.3 is 13.1 Å². The van der Waals surface area contributed by atoms with Gasteiger partial charge in [0, 0.05) is 25.7 Å². The molecule has 0 aromatic heterocycles. The van der Waals surface area contributed by atoms with Gasteiger partial charge in [0.2, 0.25) is 0 Å². The topological polar surface area (TPSA) is 93.0 Å². The molecule has 2 fully saturated rings. The first kappa shape index (κ1) is 15.8. The van der Waals surface area contributed by atoms with Gasteiger partial charge in [-0.3, -0.25) is 4.79 Å². The van der Waals surface area contributed by atoms with Crippen LogP contribution in [0.4, 0.5) is 0 Å². The van der Waals surface area contributed by atoms with E-state index in [1.165, 1.54) is 12.8 Å². The van der Waals surface area contributed by atoms with E-state index in [2.05, 4.69) is 10.2 Å². The van der Waals surface area contributed by atoms with Crippen molar-refractivity contribution in [3.63, 3.8) is 0 Å². The van der Waals surface area contributed by atoms with E-state index in [0.717, 1.165) is 26.1 Å². The Bertz CT molecular complexity index is 323. The third-order valence-electron chi connectivity index (χ3n) is 4.51. The monoisotopic (exact) mass is 284 g/mol. The minimum atomic E-state index is -1.28. The average Bonchev–Trinajstić information content (AvgIpc) is 2.99. The molecule has 2 heterocycles. The molecule has 2 unspecified atom stereocenters. The zero-order chi connectivity index (χ0) is 14.5. The minimum Gasteiger partial charge on any atom is -0.481 e. The van der Waals surface area contributed by atoms with Gasteiger partial charge in [0.05, 0.1) is 5.92 Å². The Hall–Kier alpha value is -0.625. The number of rotatable bonds is 7. The SMILES string of the molecule is O=C(O)[C@@H]1CN(CC2CCCN2)CC1CCCB(O)O. The molecule has 2 aliphatic rings. The summed E-state index contributed by atoms with van der Waals surface area (Å²) in [5.74, 6) is -0.902. The quantitative estimate of drug-likeness (QED) is 0.476. The molecule has 2 rings (SSSR count). The highest BCUT2D eigenvalue weighted by Crippen LogP contribution is 2.29. The van der Waals surface area contributed by atoms with Crippen LogP contribution >= 0.6 is 0 Å². The summed E-state index contributed by atoms with van der Waals surface area (Å²) in [5, 5.41) is 30.5. The van der Waals surface area contributed by atoms with E-state index in [1.807, 2.05) is 0 Å². The van der Waals surface area contributed by atoms with E-state index in [9.17, 15) is 9.90 Å². The zero-order valence-electron chi connectivity index (χ0n) is 11.9. The molecule has 3 atom stereocenters. The largest absolute Gasteiger partial charge is 0.481 e. The Morgan fingerprint density at radius 1 is 1.35 bits per heavy atom. The second-order valence-electron chi connectivity index (χ2n) is 6.13. The van der Waals surface area contributed by atoms with Gasteiger partial charge in [0.25, 0.3) is 0 Å². The highest BCUT2D eigenvalue weighted by atomic mass is 16.4. The van der Waals surface area contributed by atoms with Crippen LogP contribution in [0.25, 0.3) is 0 Å². The average molecular weight is 284 g/mol. The Morgan fingerprint density at radius 2 is 2.15 bits per heavy atom. The normalized spacial score (nSPS) is 30.8. The number of hydrogen-bond acceptors (Lipinski definition) is 5. The summed E-state index contributed by atoms with van der Waals surface area (Å²) in [6, 6.07) is 0.502. The van der Waals surface area contributed by atoms with Gasteiger partial charge in [0.15, 0.2) is 0 Å². The molecule has 0 aliphatic carbocycles. The van der Waals surface area contributed by atoms with Crippen molar-refractivity contribution in [1.82, 2.24) is 10.2 Å². The molecule has 0 aromatic rings. The van der Waals surface area contributed by atoms with Crippen molar-refractivity contribution in [3.8, 4) is 0 Å². The molecule has 0 aromatic carbocycles. The molecule has 6 nitrogen and oxygen atoms in total. The van der Waals surface area contributed by atoms with Crippen molar-refractivity contribution < 1.29 is 19.9 Å². The Labute approximate surface area is 120 Å². The molecule has 114 valence electrons. The molecular formula is C13H25BN2O4. The third kappa shape index (κ3) is 4.44. The maximum absolute atomic E-state index is 11.4. The predicted octanol–water partition coefficient (Wildman–Crippen LogP) is -0.376. The molecule has 0 bridgehead atoms. The van der Waals surface area contributed by atoms with Crippen LogP contribution in [0.2, 0.25) is 6.32 Å². The maximum atomic E-state index is 11.4. The number of aliphatic carboxylic acids is 1. The lowest BCUT2D eigenvalue weighted by atomic mass is 9.80. The minimum absolute atomic E-state index is 0.132. The molecule has 0 saturated carbocycles. The number of nitrogens with zero attached hydrogens (tertiary/aromatic N) is 1. The second kappa shape index (κ2) is 7.40. The molecule has 4 N–H and O–H groups in total. The van der Waals surface area contributed by atoms with E-state index in [-0.39, 0.29) is 11.8 Å². The maximum Gasteiger partial charge on any atom is 0.451 e. The summed E-state index contributed by atoms with van der Waals surface area (Å²) in [4.78, 5) is 13.6. The van der Waals surface area contributed by atoms with Crippen LogP contribution in [0.15, 0.2) is 0 Å². The molecule has 2 saturated heterocycles. The number of carboxylic acids is 1. The van der Waals surface area contributed by atoms with Crippen molar-refractivity contribution in [3.05, 3.63) is 0 Å². The molecule has 7 heteroatoms. The van der Waals surface area contributed by atoms with E-state index in [0.29, 0.717) is 25.3 Å². The van der Waals surface area contributed by atoms with Gasteiger partial charge in [0.1, 0.15) is 0 Å². The van der Waals surface area contributed by atoms with Crippen molar-refractivity contribution in [2.24, 2.45) is 11.8 Å². The summed E-state index contributed by atoms with van der Waals surface area (Å²) in [6.45, 7) is 3.44. The van der Waals surface area contributed by atoms with Gasteiger partial charge in [-0.2, -0.15) is 0 Å². The van der Waals surface area contributed by atoms with Crippen LogP contribution in [0.1, 0.15) is 25.7 Å². The van der Waals surface area contributed by atoms with E-state index >= 15 is 0 Å². The Balaban J connectivity index is 1.80. The first-order chi connectivity index (χ1) is 9.56. The molecule has 20 heavy (non-hydrogen) atoms. The standard InChI is InChI=1S/C13H25BN2O4/c17-13(18)12-9-16(8-11-4-2-6-15-11)7-10(12)3-1-5-14(19)20/h10-12,15,19-20H,1-9H2,(H,17,18)/t10?,11?,12-/m1/s1. The Kier molecular flexibility index (Phi) is 5.83. The fourth-order valence-corrected chi connectivity index (χ4v) is 3.47. The fourth-order valence-electron chi connectivity index (χ4n) is 3.47. The van der Waals surface area contributed by atoms with E-state index < -0.39 is 13.1 Å².